The van der Waals surface area contributed by atoms with Crippen molar-refractivity contribution < 1.29 is 52.9 Å². The number of carboxylic acid groups (broad SMARTS) is 1. The number of carbonyl (C=O) groups excluding carboxylic acids is 7. The lowest BCUT2D eigenvalue weighted by Crippen LogP contribution is -2.59. The van der Waals surface area contributed by atoms with Gasteiger partial charge in [0.1, 0.15) is 18.6 Å². The first-order chi connectivity index (χ1) is 27.2. The van der Waals surface area contributed by atoms with Crippen LogP contribution in [0.1, 0.15) is 82.9 Å². The van der Waals surface area contributed by atoms with Crippen molar-refractivity contribution in [2.45, 2.75) is 96.5 Å². The molecule has 17 heteroatoms. The molecule has 0 spiro atoms. The van der Waals surface area contributed by atoms with E-state index in [2.05, 4.69) is 31.9 Å². The number of carbonyl (C=O) groups is 8. The Hall–Kier alpha value is -5.32. The molecule has 16 nitrogen and oxygen atoms in total. The number of hydrogen-bond donors (Lipinski definition) is 4. The number of ether oxygens (including phenoxy) is 2. The fourth-order valence-corrected chi connectivity index (χ4v) is 7.00. The van der Waals surface area contributed by atoms with Crippen molar-refractivity contribution in [1.82, 2.24) is 25.8 Å². The van der Waals surface area contributed by atoms with Crippen molar-refractivity contribution in [1.29, 1.82) is 0 Å². The quantitative estimate of drug-likeness (QED) is 0.123. The van der Waals surface area contributed by atoms with Crippen LogP contribution in [0, 0.1) is 11.8 Å². The zero-order chi connectivity index (χ0) is 41.6. The number of hydrogen-bond acceptors (Lipinski definition) is 10. The molecular formula is C40H50BrN5O11. The summed E-state index contributed by atoms with van der Waals surface area (Å²) >= 11 is 3.39. The number of rotatable bonds is 18. The molecule has 57 heavy (non-hydrogen) atoms. The summed E-state index contributed by atoms with van der Waals surface area (Å²) in [5, 5.41) is 16.9. The summed E-state index contributed by atoms with van der Waals surface area (Å²) in [6, 6.07) is 10.00. The summed E-state index contributed by atoms with van der Waals surface area (Å²) in [5.41, 5.74) is 0.901. The summed E-state index contributed by atoms with van der Waals surface area (Å²) < 4.78 is 11.2. The molecule has 1 saturated heterocycles. The van der Waals surface area contributed by atoms with Crippen LogP contribution in [0.5, 0.6) is 0 Å². The number of aliphatic carboxylic acids is 1. The first-order valence-electron chi connectivity index (χ1n) is 19.1. The molecule has 1 heterocycles. The highest BCUT2D eigenvalue weighted by Crippen LogP contribution is 2.30. The molecule has 2 aromatic rings. The predicted octanol–water partition coefficient (Wildman–Crippen LogP) is 4.25. The molecule has 308 valence electrons. The monoisotopic (exact) mass is 855 g/mol. The number of benzene rings is 2. The Kier molecular flexibility index (Phi) is 16.6. The molecule has 6 amide bonds. The van der Waals surface area contributed by atoms with Crippen molar-refractivity contribution in [3.63, 3.8) is 0 Å². The van der Waals surface area contributed by atoms with Crippen LogP contribution in [0.15, 0.2) is 59.1 Å². The summed E-state index contributed by atoms with van der Waals surface area (Å²) in [5.74, 6) is -6.91. The maximum Gasteiger partial charge on any atom is 0.407 e. The van der Waals surface area contributed by atoms with Crippen molar-refractivity contribution in [3.8, 4) is 0 Å². The molecule has 2 aromatic carbocycles. The van der Waals surface area contributed by atoms with Gasteiger partial charge in [0.15, 0.2) is 0 Å². The van der Waals surface area contributed by atoms with E-state index in [-0.39, 0.29) is 43.5 Å². The first kappa shape index (κ1) is 44.4. The van der Waals surface area contributed by atoms with Crippen LogP contribution in [0.4, 0.5) is 9.59 Å². The summed E-state index contributed by atoms with van der Waals surface area (Å²) in [4.78, 5) is 109. The zero-order valence-electron chi connectivity index (χ0n) is 32.2. The molecule has 4 rings (SSSR count). The largest absolute Gasteiger partial charge is 0.478 e. The van der Waals surface area contributed by atoms with E-state index in [0.29, 0.717) is 24.8 Å². The Bertz CT molecular complexity index is 1770. The number of alkyl carbamates (subject to hydrolysis) is 1. The Morgan fingerprint density at radius 1 is 0.930 bits per heavy atom. The van der Waals surface area contributed by atoms with Crippen molar-refractivity contribution >= 4 is 63.5 Å². The van der Waals surface area contributed by atoms with Crippen LogP contribution < -0.4 is 16.0 Å². The van der Waals surface area contributed by atoms with E-state index in [1.807, 2.05) is 13.8 Å². The number of amides is 6. The Labute approximate surface area is 339 Å². The average molecular weight is 857 g/mol. The van der Waals surface area contributed by atoms with Crippen LogP contribution in [0.3, 0.4) is 0 Å². The van der Waals surface area contributed by atoms with Crippen molar-refractivity contribution in [2.24, 2.45) is 11.8 Å². The van der Waals surface area contributed by atoms with E-state index >= 15 is 0 Å². The van der Waals surface area contributed by atoms with Crippen LogP contribution >= 0.6 is 15.9 Å². The number of esters is 1. The molecule has 4 atom stereocenters. The fraction of sp³-hybridized carbons (Fsp3) is 0.500. The summed E-state index contributed by atoms with van der Waals surface area (Å²) in [6.45, 7) is 4.49. The van der Waals surface area contributed by atoms with Crippen molar-refractivity contribution in [2.75, 3.05) is 19.7 Å². The maximum absolute atomic E-state index is 14.5. The van der Waals surface area contributed by atoms with Gasteiger partial charge in [0.2, 0.25) is 17.8 Å². The van der Waals surface area contributed by atoms with Gasteiger partial charge in [-0.15, -0.1) is 0 Å². The van der Waals surface area contributed by atoms with E-state index in [9.17, 15) is 43.5 Å². The standard InChI is InChI=1S/C40H50BrN5O11/c1-4-11-29(33(48)36(50)42-20-31(47)57-34(38(52)53)27-14-9-6-10-15-27)43-35(49)30-22-45(21-25-16-18-28(41)19-17-25)40(55)46(30)37(51)32(26-12-7-5-8-13-26)44-39(54)56-23-24(2)3/h6,9-10,14-19,24,26,29-30,32,34H,4-5,7-8,11-13,20-23H2,1-3H3,(H,42,50)(H,43,49)(H,44,54)(H,52,53)/t29?,30?,32?,34-/m0/s1. The molecule has 1 saturated carbocycles. The number of imide groups is 1. The molecular weight excluding hydrogens is 806 g/mol. The minimum Gasteiger partial charge on any atom is -0.478 e. The zero-order valence-corrected chi connectivity index (χ0v) is 33.8. The second kappa shape index (κ2) is 21.3. The van der Waals surface area contributed by atoms with Gasteiger partial charge in [-0.05, 0) is 48.8 Å². The molecule has 2 fully saturated rings. The van der Waals surface area contributed by atoms with Gasteiger partial charge < -0.3 is 35.4 Å². The number of urea groups is 1. The molecule has 0 radical (unpaired) electrons. The number of carboxylic acids is 1. The third-order valence-electron chi connectivity index (χ3n) is 9.62. The molecule has 0 aromatic heterocycles. The molecule has 1 aliphatic carbocycles. The van der Waals surface area contributed by atoms with E-state index in [4.69, 9.17) is 9.47 Å². The van der Waals surface area contributed by atoms with Crippen LogP contribution in [0.25, 0.3) is 0 Å². The first-order valence-corrected chi connectivity index (χ1v) is 19.9. The van der Waals surface area contributed by atoms with E-state index in [1.165, 1.54) is 17.0 Å². The van der Waals surface area contributed by atoms with E-state index < -0.39 is 78.3 Å². The number of Topliss-reactive ketones (excluding diaryl/α,β-unsaturated/α-hetero) is 1. The third kappa shape index (κ3) is 12.6. The molecule has 1 aliphatic heterocycles. The number of ketones is 1. The van der Waals surface area contributed by atoms with Gasteiger partial charge in [-0.1, -0.05) is 105 Å². The SMILES string of the molecule is CCCC(NC(=O)C1CN(Cc2ccc(Br)cc2)C(=O)N1C(=O)C(NC(=O)OCC(C)C)C1CCCCC1)C(=O)C(=O)NCC(=O)O[C@H](C(=O)O)c1ccccc1. The third-order valence-corrected chi connectivity index (χ3v) is 10.1. The van der Waals surface area contributed by atoms with Gasteiger partial charge in [0.25, 0.3) is 11.8 Å². The highest BCUT2D eigenvalue weighted by atomic mass is 79.9. The minimum atomic E-state index is -1.65. The van der Waals surface area contributed by atoms with Gasteiger partial charge in [-0.3, -0.25) is 24.0 Å². The van der Waals surface area contributed by atoms with Crippen molar-refractivity contribution in [3.05, 3.63) is 70.2 Å². The highest BCUT2D eigenvalue weighted by Gasteiger charge is 2.49. The predicted molar refractivity (Wildman–Crippen MR) is 208 cm³/mol. The summed E-state index contributed by atoms with van der Waals surface area (Å²) in [6.07, 6.45) is 1.59. The van der Waals surface area contributed by atoms with Crippen LogP contribution in [0.2, 0.25) is 0 Å². The van der Waals surface area contributed by atoms with E-state index in [0.717, 1.165) is 28.6 Å². The highest BCUT2D eigenvalue weighted by molar-refractivity contribution is 9.10. The number of nitrogens with one attached hydrogen (secondary N) is 3. The molecule has 2 aliphatic rings. The lowest BCUT2D eigenvalue weighted by atomic mass is 9.83. The van der Waals surface area contributed by atoms with Gasteiger partial charge in [0, 0.05) is 16.6 Å². The lowest BCUT2D eigenvalue weighted by molar-refractivity contribution is -0.164. The number of nitrogens with zero attached hydrogens (tertiary/aromatic N) is 2. The maximum atomic E-state index is 14.5. The molecule has 4 N–H and O–H groups in total. The fourth-order valence-electron chi connectivity index (χ4n) is 6.74. The lowest BCUT2D eigenvalue weighted by Gasteiger charge is -2.33. The van der Waals surface area contributed by atoms with Gasteiger partial charge >= 0.3 is 24.1 Å². The minimum absolute atomic E-state index is 0.0112. The normalized spacial score (nSPS) is 17.3. The smallest absolute Gasteiger partial charge is 0.407 e. The van der Waals surface area contributed by atoms with Crippen LogP contribution in [-0.4, -0.2) is 100 Å². The Morgan fingerprint density at radius 2 is 1.60 bits per heavy atom. The Morgan fingerprint density at radius 3 is 2.21 bits per heavy atom. The average Bonchev–Trinajstić information content (AvgIpc) is 3.52. The van der Waals surface area contributed by atoms with Gasteiger partial charge in [-0.25, -0.2) is 19.3 Å². The number of halogens is 1. The van der Waals surface area contributed by atoms with Crippen LogP contribution in [-0.2, 0) is 44.8 Å². The Balaban J connectivity index is 1.53. The topological polar surface area (TPSA) is 218 Å². The summed E-state index contributed by atoms with van der Waals surface area (Å²) in [7, 11) is 0. The molecule has 0 bridgehead atoms. The second-order valence-corrected chi connectivity index (χ2v) is 15.5. The van der Waals surface area contributed by atoms with Gasteiger partial charge in [-0.2, -0.15) is 0 Å². The van der Waals surface area contributed by atoms with E-state index in [1.54, 1.807) is 49.4 Å². The second-order valence-electron chi connectivity index (χ2n) is 14.5. The molecule has 3 unspecified atom stereocenters. The van der Waals surface area contributed by atoms with Gasteiger partial charge in [0.05, 0.1) is 19.2 Å².